The number of hydrogen-bond donors (Lipinski definition) is 2. The number of halogens is 1. The summed E-state index contributed by atoms with van der Waals surface area (Å²) in [6, 6.07) is 15.0. The van der Waals surface area contributed by atoms with E-state index in [9.17, 15) is 4.79 Å². The first kappa shape index (κ1) is 15.5. The topological polar surface area (TPSA) is 64.3 Å². The number of amides is 1. The molecule has 0 aliphatic heterocycles. The van der Waals surface area contributed by atoms with Crippen LogP contribution in [0.15, 0.2) is 53.0 Å². The summed E-state index contributed by atoms with van der Waals surface area (Å²) in [5.74, 6) is -0.0867. The zero-order valence-corrected chi connectivity index (χ0v) is 13.1. The van der Waals surface area contributed by atoms with Crippen molar-refractivity contribution in [2.45, 2.75) is 13.0 Å². The van der Waals surface area contributed by atoms with Crippen LogP contribution in [0, 0.1) is 0 Å². The lowest BCUT2D eigenvalue weighted by molar-refractivity contribution is -0.117. The van der Waals surface area contributed by atoms with E-state index >= 15 is 0 Å². The average Bonchev–Trinajstić information content (AvgIpc) is 2.45. The van der Waals surface area contributed by atoms with Gasteiger partial charge in [0.15, 0.2) is 0 Å². The largest absolute Gasteiger partial charge is 0.399 e. The lowest BCUT2D eigenvalue weighted by atomic mass is 10.2. The first-order valence-electron chi connectivity index (χ1n) is 6.61. The number of carbonyl (C=O) groups excluding carboxylic acids is 1. The molecule has 0 spiro atoms. The minimum atomic E-state index is -0.0867. The Morgan fingerprint density at radius 1 is 1.19 bits per heavy atom. The van der Waals surface area contributed by atoms with Gasteiger partial charge >= 0.3 is 0 Å². The van der Waals surface area contributed by atoms with Crippen molar-refractivity contribution in [3.8, 4) is 0 Å². The number of nitrogens with two attached hydrogens (primary N) is 1. The summed E-state index contributed by atoms with van der Waals surface area (Å²) >= 11 is 3.38. The Balaban J connectivity index is 1.68. The molecule has 2 rings (SSSR count). The molecule has 2 aromatic rings. The Kier molecular flexibility index (Phi) is 5.78. The van der Waals surface area contributed by atoms with E-state index in [1.54, 1.807) is 24.3 Å². The molecule has 3 N–H and O–H groups in total. The summed E-state index contributed by atoms with van der Waals surface area (Å²) in [6.07, 6.45) is 0.311. The summed E-state index contributed by atoms with van der Waals surface area (Å²) in [5.41, 5.74) is 8.06. The van der Waals surface area contributed by atoms with E-state index in [1.165, 1.54) is 0 Å². The van der Waals surface area contributed by atoms with Crippen molar-refractivity contribution in [3.63, 3.8) is 0 Å². The van der Waals surface area contributed by atoms with Gasteiger partial charge in [0.25, 0.3) is 0 Å². The fourth-order valence-corrected chi connectivity index (χ4v) is 2.04. The van der Waals surface area contributed by atoms with Crippen LogP contribution < -0.4 is 11.1 Å². The SMILES string of the molecule is Nc1cccc(NC(=O)CCOCc2ccc(Br)cc2)c1. The highest BCUT2D eigenvalue weighted by molar-refractivity contribution is 9.10. The Hall–Kier alpha value is -1.85. The van der Waals surface area contributed by atoms with Crippen molar-refractivity contribution in [1.29, 1.82) is 0 Å². The number of carbonyl (C=O) groups is 1. The van der Waals surface area contributed by atoms with Gasteiger partial charge in [0.1, 0.15) is 0 Å². The zero-order chi connectivity index (χ0) is 15.1. The third-order valence-corrected chi connectivity index (χ3v) is 3.35. The van der Waals surface area contributed by atoms with E-state index < -0.39 is 0 Å². The molecule has 4 nitrogen and oxygen atoms in total. The van der Waals surface area contributed by atoms with E-state index in [-0.39, 0.29) is 5.91 Å². The molecule has 1 amide bonds. The Bertz CT molecular complexity index is 599. The molecule has 0 aliphatic carbocycles. The van der Waals surface area contributed by atoms with Gasteiger partial charge in [0.2, 0.25) is 5.91 Å². The molecule has 0 bridgehead atoms. The second-order valence-corrected chi connectivity index (χ2v) is 5.52. The van der Waals surface area contributed by atoms with Gasteiger partial charge in [0, 0.05) is 15.8 Å². The molecule has 21 heavy (non-hydrogen) atoms. The van der Waals surface area contributed by atoms with Gasteiger partial charge in [-0.1, -0.05) is 34.1 Å². The maximum Gasteiger partial charge on any atom is 0.226 e. The summed E-state index contributed by atoms with van der Waals surface area (Å²) < 4.78 is 6.53. The number of nitrogens with one attached hydrogen (secondary N) is 1. The van der Waals surface area contributed by atoms with Crippen LogP contribution in [0.2, 0.25) is 0 Å². The van der Waals surface area contributed by atoms with Crippen molar-refractivity contribution < 1.29 is 9.53 Å². The maximum absolute atomic E-state index is 11.7. The quantitative estimate of drug-likeness (QED) is 0.619. The Morgan fingerprint density at radius 2 is 1.95 bits per heavy atom. The smallest absolute Gasteiger partial charge is 0.226 e. The first-order chi connectivity index (χ1) is 10.1. The molecule has 0 atom stereocenters. The van der Waals surface area contributed by atoms with Crippen molar-refractivity contribution in [1.82, 2.24) is 0 Å². The Labute approximate surface area is 132 Å². The molecule has 0 fully saturated rings. The molecule has 2 aromatic carbocycles. The highest BCUT2D eigenvalue weighted by Crippen LogP contribution is 2.13. The van der Waals surface area contributed by atoms with Crippen molar-refractivity contribution in [3.05, 3.63) is 58.6 Å². The second-order valence-electron chi connectivity index (χ2n) is 4.60. The van der Waals surface area contributed by atoms with Crippen molar-refractivity contribution in [2.75, 3.05) is 17.7 Å². The van der Waals surface area contributed by atoms with E-state index in [1.807, 2.05) is 24.3 Å². The van der Waals surface area contributed by atoms with E-state index in [4.69, 9.17) is 10.5 Å². The summed E-state index contributed by atoms with van der Waals surface area (Å²) in [6.45, 7) is 0.878. The van der Waals surface area contributed by atoms with Crippen LogP contribution in [0.25, 0.3) is 0 Å². The molecule has 0 unspecified atom stereocenters. The van der Waals surface area contributed by atoms with Crippen LogP contribution in [0.4, 0.5) is 11.4 Å². The van der Waals surface area contributed by atoms with Crippen LogP contribution in [0.3, 0.4) is 0 Å². The predicted octanol–water partition coefficient (Wildman–Crippen LogP) is 3.58. The highest BCUT2D eigenvalue weighted by atomic mass is 79.9. The van der Waals surface area contributed by atoms with E-state index in [2.05, 4.69) is 21.2 Å². The summed E-state index contributed by atoms with van der Waals surface area (Å²) in [7, 11) is 0. The predicted molar refractivity (Wildman–Crippen MR) is 87.9 cm³/mol. The second kappa shape index (κ2) is 7.81. The van der Waals surface area contributed by atoms with Gasteiger partial charge in [-0.2, -0.15) is 0 Å². The Morgan fingerprint density at radius 3 is 2.67 bits per heavy atom. The molecule has 0 saturated carbocycles. The molecule has 0 heterocycles. The first-order valence-corrected chi connectivity index (χ1v) is 7.40. The fourth-order valence-electron chi connectivity index (χ4n) is 1.78. The van der Waals surface area contributed by atoms with Crippen LogP contribution in [-0.4, -0.2) is 12.5 Å². The van der Waals surface area contributed by atoms with E-state index in [0.717, 1.165) is 10.0 Å². The van der Waals surface area contributed by atoms with Crippen molar-refractivity contribution in [2.24, 2.45) is 0 Å². The summed E-state index contributed by atoms with van der Waals surface area (Å²) in [4.78, 5) is 11.7. The number of rotatable bonds is 6. The van der Waals surface area contributed by atoms with Crippen molar-refractivity contribution >= 4 is 33.2 Å². The molecular weight excluding hydrogens is 332 g/mol. The lowest BCUT2D eigenvalue weighted by Crippen LogP contribution is -2.14. The van der Waals surface area contributed by atoms with Gasteiger partial charge in [-0.3, -0.25) is 4.79 Å². The number of hydrogen-bond acceptors (Lipinski definition) is 3. The minimum Gasteiger partial charge on any atom is -0.399 e. The van der Waals surface area contributed by atoms with Crippen LogP contribution in [0.1, 0.15) is 12.0 Å². The van der Waals surface area contributed by atoms with Gasteiger partial charge < -0.3 is 15.8 Å². The standard InChI is InChI=1S/C16H17BrN2O2/c17-13-6-4-12(5-7-13)11-21-9-8-16(20)19-15-3-1-2-14(18)10-15/h1-7,10H,8-9,11,18H2,(H,19,20). The van der Waals surface area contributed by atoms with Gasteiger partial charge in [-0.15, -0.1) is 0 Å². The number of nitrogen functional groups attached to an aromatic ring is 1. The normalized spacial score (nSPS) is 10.3. The lowest BCUT2D eigenvalue weighted by Gasteiger charge is -2.07. The molecule has 0 radical (unpaired) electrons. The van der Waals surface area contributed by atoms with Gasteiger partial charge in [-0.05, 0) is 35.9 Å². The third-order valence-electron chi connectivity index (χ3n) is 2.83. The molecule has 110 valence electrons. The van der Waals surface area contributed by atoms with Gasteiger partial charge in [-0.25, -0.2) is 0 Å². The van der Waals surface area contributed by atoms with Crippen LogP contribution >= 0.6 is 15.9 Å². The van der Waals surface area contributed by atoms with Crippen LogP contribution in [-0.2, 0) is 16.1 Å². The number of anilines is 2. The zero-order valence-electron chi connectivity index (χ0n) is 11.5. The fraction of sp³-hybridized carbons (Fsp3) is 0.188. The third kappa shape index (κ3) is 5.57. The molecule has 5 heteroatoms. The maximum atomic E-state index is 11.7. The summed E-state index contributed by atoms with van der Waals surface area (Å²) in [5, 5.41) is 2.78. The number of benzene rings is 2. The molecule has 0 saturated heterocycles. The highest BCUT2D eigenvalue weighted by Gasteiger charge is 2.03. The molecule has 0 aromatic heterocycles. The monoisotopic (exact) mass is 348 g/mol. The van der Waals surface area contributed by atoms with Crippen LogP contribution in [0.5, 0.6) is 0 Å². The van der Waals surface area contributed by atoms with E-state index in [0.29, 0.717) is 31.0 Å². The number of ether oxygens (including phenoxy) is 1. The molecular formula is C16H17BrN2O2. The average molecular weight is 349 g/mol. The minimum absolute atomic E-state index is 0.0867. The molecule has 0 aliphatic rings. The van der Waals surface area contributed by atoms with Gasteiger partial charge in [0.05, 0.1) is 19.6 Å².